The van der Waals surface area contributed by atoms with Gasteiger partial charge in [-0.1, -0.05) is 0 Å². The summed E-state index contributed by atoms with van der Waals surface area (Å²) in [5.74, 6) is 0.961. The Bertz CT molecular complexity index is 410. The summed E-state index contributed by atoms with van der Waals surface area (Å²) in [4.78, 5) is 7.29. The van der Waals surface area contributed by atoms with E-state index in [2.05, 4.69) is 31.2 Å². The molecule has 0 aliphatic heterocycles. The van der Waals surface area contributed by atoms with Gasteiger partial charge >= 0.3 is 0 Å². The van der Waals surface area contributed by atoms with Gasteiger partial charge in [0.2, 0.25) is 0 Å². The minimum atomic E-state index is 0.198. The van der Waals surface area contributed by atoms with Crippen molar-refractivity contribution >= 4 is 15.9 Å². The highest BCUT2D eigenvalue weighted by Crippen LogP contribution is 2.26. The van der Waals surface area contributed by atoms with E-state index in [0.717, 1.165) is 22.5 Å². The first-order valence-corrected chi connectivity index (χ1v) is 5.49. The number of nitrogens with zero attached hydrogens (tertiary/aromatic N) is 1. The van der Waals surface area contributed by atoms with Gasteiger partial charge < -0.3 is 14.7 Å². The van der Waals surface area contributed by atoms with Gasteiger partial charge in [-0.3, -0.25) is 0 Å². The van der Waals surface area contributed by atoms with E-state index < -0.39 is 0 Å². The Hall–Kier alpha value is -1.07. The Labute approximate surface area is 96.2 Å². The molecule has 0 spiro atoms. The monoisotopic (exact) mass is 269 g/mol. The molecule has 0 amide bonds. The van der Waals surface area contributed by atoms with Crippen LogP contribution in [0.25, 0.3) is 0 Å². The third kappa shape index (κ3) is 2.30. The van der Waals surface area contributed by atoms with Crippen molar-refractivity contribution in [3.63, 3.8) is 0 Å². The Morgan fingerprint density at radius 2 is 2.53 bits per heavy atom. The summed E-state index contributed by atoms with van der Waals surface area (Å²) >= 11 is 3.37. The van der Waals surface area contributed by atoms with Gasteiger partial charge in [0, 0.05) is 30.4 Å². The number of aromatic nitrogens is 2. The molecule has 4 nitrogen and oxygen atoms in total. The first-order chi connectivity index (χ1) is 7.31. The first-order valence-electron chi connectivity index (χ1n) is 4.69. The molecule has 80 valence electrons. The molecule has 15 heavy (non-hydrogen) atoms. The van der Waals surface area contributed by atoms with Crippen LogP contribution in [-0.2, 0) is 6.42 Å². The lowest BCUT2D eigenvalue weighted by atomic mass is 10.1. The second-order valence-corrected chi connectivity index (χ2v) is 3.95. The number of H-pyrrole nitrogens is 1. The van der Waals surface area contributed by atoms with Crippen LogP contribution in [0.4, 0.5) is 0 Å². The smallest absolute Gasteiger partial charge is 0.173 e. The molecule has 0 aromatic carbocycles. The van der Waals surface area contributed by atoms with Gasteiger partial charge in [0.25, 0.3) is 0 Å². The fourth-order valence-corrected chi connectivity index (χ4v) is 2.04. The lowest BCUT2D eigenvalue weighted by Gasteiger charge is -2.13. The van der Waals surface area contributed by atoms with Crippen LogP contribution in [0.15, 0.2) is 33.8 Å². The number of nitrogens with one attached hydrogen (secondary N) is 2. The van der Waals surface area contributed by atoms with Crippen molar-refractivity contribution in [1.29, 1.82) is 0 Å². The molecular formula is C10H12BrN3O. The molecule has 2 N–H and O–H groups in total. The van der Waals surface area contributed by atoms with E-state index in [1.54, 1.807) is 12.5 Å². The second kappa shape index (κ2) is 4.63. The number of furan rings is 1. The van der Waals surface area contributed by atoms with Crippen molar-refractivity contribution in [2.45, 2.75) is 12.5 Å². The predicted octanol–water partition coefficient (Wildman–Crippen LogP) is 2.27. The van der Waals surface area contributed by atoms with Crippen LogP contribution < -0.4 is 5.32 Å². The molecule has 0 bridgehead atoms. The Morgan fingerprint density at radius 3 is 3.07 bits per heavy atom. The predicted molar refractivity (Wildman–Crippen MR) is 60.5 cm³/mol. The molecule has 0 aliphatic carbocycles. The van der Waals surface area contributed by atoms with Crippen molar-refractivity contribution < 1.29 is 4.42 Å². The molecule has 2 heterocycles. The number of imidazole rings is 1. The van der Waals surface area contributed by atoms with Crippen LogP contribution in [0.3, 0.4) is 0 Å². The minimum Gasteiger partial charge on any atom is -0.457 e. The first kappa shape index (κ1) is 10.4. The molecule has 0 saturated carbocycles. The van der Waals surface area contributed by atoms with E-state index in [0.29, 0.717) is 0 Å². The molecule has 2 aromatic heterocycles. The van der Waals surface area contributed by atoms with E-state index >= 15 is 0 Å². The molecule has 0 fully saturated rings. The zero-order valence-electron chi connectivity index (χ0n) is 8.33. The van der Waals surface area contributed by atoms with Crippen LogP contribution in [0, 0.1) is 0 Å². The maximum Gasteiger partial charge on any atom is 0.173 e. The summed E-state index contributed by atoms with van der Waals surface area (Å²) < 4.78 is 5.98. The van der Waals surface area contributed by atoms with Crippen LogP contribution in [0.2, 0.25) is 0 Å². The number of rotatable bonds is 4. The third-order valence-corrected chi connectivity index (χ3v) is 2.97. The van der Waals surface area contributed by atoms with Crippen LogP contribution in [-0.4, -0.2) is 17.0 Å². The lowest BCUT2D eigenvalue weighted by molar-refractivity contribution is 0.515. The molecule has 2 rings (SSSR count). The minimum absolute atomic E-state index is 0.198. The van der Waals surface area contributed by atoms with Gasteiger partial charge in [0.05, 0.1) is 6.26 Å². The van der Waals surface area contributed by atoms with Crippen LogP contribution in [0.5, 0.6) is 0 Å². The van der Waals surface area contributed by atoms with Gasteiger partial charge in [-0.05, 0) is 29.0 Å². The van der Waals surface area contributed by atoms with E-state index in [-0.39, 0.29) is 6.04 Å². The number of hydrogen-bond acceptors (Lipinski definition) is 3. The maximum absolute atomic E-state index is 5.21. The zero-order chi connectivity index (χ0) is 10.7. The summed E-state index contributed by atoms with van der Waals surface area (Å²) in [7, 11) is 1.92. The van der Waals surface area contributed by atoms with E-state index in [4.69, 9.17) is 4.42 Å². The molecule has 0 radical (unpaired) electrons. The van der Waals surface area contributed by atoms with Gasteiger partial charge in [-0.2, -0.15) is 0 Å². The SMILES string of the molecule is CNC(Cc1ncc[nH]1)c1ccoc1Br. The largest absolute Gasteiger partial charge is 0.457 e. The van der Waals surface area contributed by atoms with Crippen LogP contribution >= 0.6 is 15.9 Å². The van der Waals surface area contributed by atoms with E-state index in [1.807, 2.05) is 19.3 Å². The highest BCUT2D eigenvalue weighted by atomic mass is 79.9. The van der Waals surface area contributed by atoms with Gasteiger partial charge in [0.15, 0.2) is 4.67 Å². The summed E-state index contributed by atoms with van der Waals surface area (Å²) in [5, 5.41) is 3.23. The summed E-state index contributed by atoms with van der Waals surface area (Å²) in [6, 6.07) is 2.15. The molecular weight excluding hydrogens is 258 g/mol. The Kier molecular flexibility index (Phi) is 3.23. The van der Waals surface area contributed by atoms with Crippen molar-refractivity contribution in [2.75, 3.05) is 7.05 Å². The topological polar surface area (TPSA) is 53.9 Å². The second-order valence-electron chi connectivity index (χ2n) is 3.23. The Balaban J connectivity index is 2.15. The van der Waals surface area contributed by atoms with E-state index in [1.165, 1.54) is 0 Å². The van der Waals surface area contributed by atoms with Crippen LogP contribution in [0.1, 0.15) is 17.4 Å². The highest BCUT2D eigenvalue weighted by molar-refractivity contribution is 9.10. The third-order valence-electron chi connectivity index (χ3n) is 2.32. The molecule has 0 aliphatic rings. The average molecular weight is 270 g/mol. The van der Waals surface area contributed by atoms with Gasteiger partial charge in [0.1, 0.15) is 5.82 Å². The summed E-state index contributed by atoms with van der Waals surface area (Å²) in [6.07, 6.45) is 6.06. The molecule has 1 unspecified atom stereocenters. The maximum atomic E-state index is 5.21. The summed E-state index contributed by atoms with van der Waals surface area (Å²) in [5.41, 5.74) is 1.11. The molecule has 1 atom stereocenters. The standard InChI is InChI=1S/C10H12BrN3O/c1-12-8(6-9-13-3-4-14-9)7-2-5-15-10(7)11/h2-5,8,12H,6H2,1H3,(H,13,14). The Morgan fingerprint density at radius 1 is 1.67 bits per heavy atom. The van der Waals surface area contributed by atoms with Gasteiger partial charge in [-0.15, -0.1) is 0 Å². The zero-order valence-corrected chi connectivity index (χ0v) is 9.91. The number of likely N-dealkylation sites (N-methyl/N-ethyl adjacent to an activating group) is 1. The van der Waals surface area contributed by atoms with Crippen molar-refractivity contribution in [2.24, 2.45) is 0 Å². The van der Waals surface area contributed by atoms with Crippen molar-refractivity contribution in [1.82, 2.24) is 15.3 Å². The number of halogens is 1. The normalized spacial score (nSPS) is 12.9. The van der Waals surface area contributed by atoms with Crippen molar-refractivity contribution in [3.05, 3.63) is 40.8 Å². The fraction of sp³-hybridized carbons (Fsp3) is 0.300. The molecule has 0 saturated heterocycles. The highest BCUT2D eigenvalue weighted by Gasteiger charge is 2.16. The van der Waals surface area contributed by atoms with Crippen molar-refractivity contribution in [3.8, 4) is 0 Å². The molecule has 5 heteroatoms. The quantitative estimate of drug-likeness (QED) is 0.896. The van der Waals surface area contributed by atoms with E-state index in [9.17, 15) is 0 Å². The number of hydrogen-bond donors (Lipinski definition) is 2. The lowest BCUT2D eigenvalue weighted by Crippen LogP contribution is -2.19. The fourth-order valence-electron chi connectivity index (χ4n) is 1.52. The number of aromatic amines is 1. The summed E-state index contributed by atoms with van der Waals surface area (Å²) in [6.45, 7) is 0. The average Bonchev–Trinajstić information content (AvgIpc) is 2.85. The van der Waals surface area contributed by atoms with Gasteiger partial charge in [-0.25, -0.2) is 4.98 Å². The molecule has 2 aromatic rings.